The predicted molar refractivity (Wildman–Crippen MR) is 74.4 cm³/mol. The van der Waals surface area contributed by atoms with Gasteiger partial charge in [-0.05, 0) is 24.3 Å². The van der Waals surface area contributed by atoms with E-state index in [2.05, 4.69) is 25.6 Å². The molecule has 7 heteroatoms. The van der Waals surface area contributed by atoms with Gasteiger partial charge >= 0.3 is 0 Å². The number of nitrogens with zero attached hydrogens (tertiary/aromatic N) is 5. The smallest absolute Gasteiger partial charge is 0.203 e. The first-order valence-electron chi connectivity index (χ1n) is 6.25. The first-order chi connectivity index (χ1) is 9.88. The van der Waals surface area contributed by atoms with Crippen LogP contribution in [0.2, 0.25) is 0 Å². The van der Waals surface area contributed by atoms with Crippen molar-refractivity contribution in [1.29, 1.82) is 0 Å². The highest BCUT2D eigenvalue weighted by Gasteiger charge is 2.10. The largest absolute Gasteiger partial charge is 0.383 e. The average Bonchev–Trinajstić information content (AvgIpc) is 2.91. The summed E-state index contributed by atoms with van der Waals surface area (Å²) in [6.45, 7) is 1.31. The molecule has 0 aliphatic carbocycles. The topological polar surface area (TPSA) is 77.2 Å². The molecule has 3 aromatic rings. The van der Waals surface area contributed by atoms with Crippen molar-refractivity contribution in [2.45, 2.75) is 0 Å². The molecule has 1 N–H and O–H groups in total. The van der Waals surface area contributed by atoms with Crippen LogP contribution in [0.15, 0.2) is 36.5 Å². The number of fused-ring (bicyclic) bond motifs is 1. The maximum atomic E-state index is 5.00. The molecule has 0 aliphatic heterocycles. The fourth-order valence-corrected chi connectivity index (χ4v) is 1.82. The molecule has 0 amide bonds. The van der Waals surface area contributed by atoms with Crippen LogP contribution in [0.5, 0.6) is 0 Å². The molecule has 0 radical (unpaired) electrons. The van der Waals surface area contributed by atoms with Crippen molar-refractivity contribution in [3.05, 3.63) is 36.5 Å². The summed E-state index contributed by atoms with van der Waals surface area (Å²) in [6, 6.07) is 9.37. The number of pyridine rings is 1. The Morgan fingerprint density at radius 1 is 1.20 bits per heavy atom. The molecule has 0 aromatic carbocycles. The van der Waals surface area contributed by atoms with Crippen LogP contribution in [0.3, 0.4) is 0 Å². The first kappa shape index (κ1) is 12.5. The second-order valence-corrected chi connectivity index (χ2v) is 4.15. The second kappa shape index (κ2) is 5.62. The Kier molecular flexibility index (Phi) is 3.51. The third kappa shape index (κ3) is 2.43. The van der Waals surface area contributed by atoms with Gasteiger partial charge in [-0.3, -0.25) is 4.98 Å². The lowest BCUT2D eigenvalue weighted by atomic mass is 10.3. The van der Waals surface area contributed by atoms with Gasteiger partial charge in [-0.25, -0.2) is 0 Å². The van der Waals surface area contributed by atoms with Crippen molar-refractivity contribution < 1.29 is 4.74 Å². The van der Waals surface area contributed by atoms with Crippen LogP contribution in [0.25, 0.3) is 17.2 Å². The Bertz CT molecular complexity index is 696. The Morgan fingerprint density at radius 2 is 2.15 bits per heavy atom. The van der Waals surface area contributed by atoms with Gasteiger partial charge in [-0.2, -0.15) is 4.52 Å². The van der Waals surface area contributed by atoms with Gasteiger partial charge in [0.25, 0.3) is 0 Å². The van der Waals surface area contributed by atoms with E-state index >= 15 is 0 Å². The SMILES string of the molecule is COCCNc1ccc2nnc(-c3ccccn3)n2n1. The summed E-state index contributed by atoms with van der Waals surface area (Å²) in [5, 5.41) is 15.9. The zero-order valence-electron chi connectivity index (χ0n) is 11.0. The Balaban J connectivity index is 1.96. The Hall–Kier alpha value is -2.54. The maximum absolute atomic E-state index is 5.00. The van der Waals surface area contributed by atoms with Crippen molar-refractivity contribution >= 4 is 11.5 Å². The minimum atomic E-state index is 0.620. The summed E-state index contributed by atoms with van der Waals surface area (Å²) in [5.74, 6) is 1.36. The van der Waals surface area contributed by atoms with Gasteiger partial charge in [0.15, 0.2) is 5.65 Å². The van der Waals surface area contributed by atoms with Crippen molar-refractivity contribution in [3.63, 3.8) is 0 Å². The van der Waals surface area contributed by atoms with Crippen LogP contribution < -0.4 is 5.32 Å². The van der Waals surface area contributed by atoms with Crippen LogP contribution in [-0.2, 0) is 4.74 Å². The van der Waals surface area contributed by atoms with E-state index in [-0.39, 0.29) is 0 Å². The van der Waals surface area contributed by atoms with Gasteiger partial charge in [0.1, 0.15) is 11.5 Å². The molecule has 102 valence electrons. The molecule has 20 heavy (non-hydrogen) atoms. The molecular formula is C13H14N6O. The third-order valence-electron chi connectivity index (χ3n) is 2.77. The van der Waals surface area contributed by atoms with E-state index in [4.69, 9.17) is 4.74 Å². The number of rotatable bonds is 5. The molecular weight excluding hydrogens is 256 g/mol. The highest BCUT2D eigenvalue weighted by molar-refractivity contribution is 5.55. The van der Waals surface area contributed by atoms with Gasteiger partial charge in [0, 0.05) is 19.9 Å². The average molecular weight is 270 g/mol. The molecule has 0 spiro atoms. The maximum Gasteiger partial charge on any atom is 0.203 e. The van der Waals surface area contributed by atoms with Crippen LogP contribution in [0.4, 0.5) is 5.82 Å². The van der Waals surface area contributed by atoms with Crippen LogP contribution in [0, 0.1) is 0 Å². The number of methoxy groups -OCH3 is 1. The summed E-state index contributed by atoms with van der Waals surface area (Å²) in [7, 11) is 1.66. The van der Waals surface area contributed by atoms with Gasteiger partial charge in [0.2, 0.25) is 5.82 Å². The summed E-state index contributed by atoms with van der Waals surface area (Å²) in [4.78, 5) is 4.27. The van der Waals surface area contributed by atoms with E-state index in [1.54, 1.807) is 17.8 Å². The zero-order chi connectivity index (χ0) is 13.8. The molecule has 3 aromatic heterocycles. The van der Waals surface area contributed by atoms with Gasteiger partial charge < -0.3 is 10.1 Å². The van der Waals surface area contributed by atoms with Gasteiger partial charge in [-0.15, -0.1) is 15.3 Å². The molecule has 7 nitrogen and oxygen atoms in total. The predicted octanol–water partition coefficient (Wildman–Crippen LogP) is 1.24. The van der Waals surface area contributed by atoms with Crippen molar-refractivity contribution in [3.8, 4) is 11.5 Å². The van der Waals surface area contributed by atoms with Crippen molar-refractivity contribution in [2.24, 2.45) is 0 Å². The van der Waals surface area contributed by atoms with E-state index in [1.807, 2.05) is 30.3 Å². The highest BCUT2D eigenvalue weighted by Crippen LogP contribution is 2.15. The number of nitrogens with one attached hydrogen (secondary N) is 1. The van der Waals surface area contributed by atoms with E-state index < -0.39 is 0 Å². The minimum absolute atomic E-state index is 0.620. The third-order valence-corrected chi connectivity index (χ3v) is 2.77. The summed E-state index contributed by atoms with van der Waals surface area (Å²) >= 11 is 0. The fraction of sp³-hybridized carbons (Fsp3) is 0.231. The van der Waals surface area contributed by atoms with E-state index in [0.717, 1.165) is 11.5 Å². The van der Waals surface area contributed by atoms with Crippen molar-refractivity contribution in [1.82, 2.24) is 24.8 Å². The molecule has 0 unspecified atom stereocenters. The summed E-state index contributed by atoms with van der Waals surface area (Å²) in [6.07, 6.45) is 1.72. The summed E-state index contributed by atoms with van der Waals surface area (Å²) in [5.41, 5.74) is 1.42. The fourth-order valence-electron chi connectivity index (χ4n) is 1.82. The molecule has 0 bridgehead atoms. The molecule has 0 saturated heterocycles. The van der Waals surface area contributed by atoms with Gasteiger partial charge in [-0.1, -0.05) is 6.07 Å². The lowest BCUT2D eigenvalue weighted by molar-refractivity contribution is 0.210. The minimum Gasteiger partial charge on any atom is -0.383 e. The van der Waals surface area contributed by atoms with Crippen molar-refractivity contribution in [2.75, 3.05) is 25.6 Å². The van der Waals surface area contributed by atoms with Gasteiger partial charge in [0.05, 0.1) is 6.61 Å². The molecule has 0 atom stereocenters. The van der Waals surface area contributed by atoms with Crippen LogP contribution >= 0.6 is 0 Å². The Morgan fingerprint density at radius 3 is 2.95 bits per heavy atom. The normalized spacial score (nSPS) is 10.8. The molecule has 0 saturated carbocycles. The molecule has 3 heterocycles. The number of hydrogen-bond donors (Lipinski definition) is 1. The second-order valence-electron chi connectivity index (χ2n) is 4.15. The highest BCUT2D eigenvalue weighted by atomic mass is 16.5. The van der Waals surface area contributed by atoms with E-state index in [1.165, 1.54) is 0 Å². The quantitative estimate of drug-likeness (QED) is 0.703. The number of ether oxygens (including phenoxy) is 1. The van der Waals surface area contributed by atoms with Crippen LogP contribution in [0.1, 0.15) is 0 Å². The number of aromatic nitrogens is 5. The lowest BCUT2D eigenvalue weighted by Gasteiger charge is -2.05. The number of hydrogen-bond acceptors (Lipinski definition) is 6. The summed E-state index contributed by atoms with van der Waals surface area (Å²) < 4.78 is 6.68. The standard InChI is InChI=1S/C13H14N6O/c1-20-9-8-15-11-5-6-12-16-17-13(19(12)18-11)10-4-2-3-7-14-10/h2-7H,8-9H2,1H3,(H,15,18). The first-order valence-corrected chi connectivity index (χ1v) is 6.25. The molecule has 3 rings (SSSR count). The molecule has 0 fully saturated rings. The monoisotopic (exact) mass is 270 g/mol. The van der Waals surface area contributed by atoms with E-state index in [9.17, 15) is 0 Å². The molecule has 0 aliphatic rings. The Labute approximate surface area is 115 Å². The number of anilines is 1. The lowest BCUT2D eigenvalue weighted by Crippen LogP contribution is -2.10. The van der Waals surface area contributed by atoms with Crippen LogP contribution in [-0.4, -0.2) is 45.1 Å². The van der Waals surface area contributed by atoms with E-state index in [0.29, 0.717) is 24.6 Å². The zero-order valence-corrected chi connectivity index (χ0v) is 11.0.